The molecule has 7 heteroatoms. The summed E-state index contributed by atoms with van der Waals surface area (Å²) in [6, 6.07) is 7.61. The van der Waals surface area contributed by atoms with E-state index in [4.69, 9.17) is 0 Å². The number of carboxylic acid groups (broad SMARTS) is 1. The zero-order valence-corrected chi connectivity index (χ0v) is 13.6. The summed E-state index contributed by atoms with van der Waals surface area (Å²) in [5.41, 5.74) is 0.862. The number of nitrogens with zero attached hydrogens (tertiary/aromatic N) is 1. The number of thioether (sulfide) groups is 1. The van der Waals surface area contributed by atoms with Crippen molar-refractivity contribution in [2.75, 3.05) is 0 Å². The van der Waals surface area contributed by atoms with E-state index in [0.29, 0.717) is 0 Å². The molecule has 0 spiro atoms. The second-order valence-electron chi connectivity index (χ2n) is 6.29. The van der Waals surface area contributed by atoms with Crippen LogP contribution in [-0.2, 0) is 20.8 Å². The Labute approximate surface area is 138 Å². The zero-order valence-electron chi connectivity index (χ0n) is 12.8. The van der Waals surface area contributed by atoms with E-state index < -0.39 is 22.8 Å². The van der Waals surface area contributed by atoms with E-state index in [-0.39, 0.29) is 23.6 Å². The third-order valence-electron chi connectivity index (χ3n) is 4.19. The van der Waals surface area contributed by atoms with Gasteiger partial charge in [0.25, 0.3) is 0 Å². The van der Waals surface area contributed by atoms with Crippen LogP contribution >= 0.6 is 11.8 Å². The summed E-state index contributed by atoms with van der Waals surface area (Å²) < 4.78 is -0.641. The number of nitrogens with one attached hydrogen (secondary N) is 1. The number of amides is 2. The number of benzene rings is 1. The summed E-state index contributed by atoms with van der Waals surface area (Å²) in [7, 11) is 0. The molecule has 2 heterocycles. The largest absolute Gasteiger partial charge is 0.548 e. The Hall–Kier alpha value is -2.02. The molecule has 2 aliphatic heterocycles. The fourth-order valence-electron chi connectivity index (χ4n) is 3.13. The minimum atomic E-state index is -1.26. The number of carboxylic acids is 1. The van der Waals surface area contributed by atoms with Crippen molar-refractivity contribution < 1.29 is 19.5 Å². The van der Waals surface area contributed by atoms with Gasteiger partial charge in [-0.05, 0) is 19.4 Å². The van der Waals surface area contributed by atoms with Crippen LogP contribution < -0.4 is 10.4 Å². The molecular weight excluding hydrogens is 316 g/mol. The fourth-order valence-corrected chi connectivity index (χ4v) is 4.75. The molecule has 0 saturated carbocycles. The van der Waals surface area contributed by atoms with E-state index in [1.807, 2.05) is 30.3 Å². The lowest BCUT2D eigenvalue weighted by molar-refractivity contribution is -0.312. The fraction of sp³-hybridized carbons (Fsp3) is 0.438. The lowest BCUT2D eigenvalue weighted by atomic mass is 9.96. The van der Waals surface area contributed by atoms with E-state index >= 15 is 0 Å². The predicted octanol–water partition coefficient (Wildman–Crippen LogP) is -0.474. The Morgan fingerprint density at radius 2 is 1.96 bits per heavy atom. The predicted molar refractivity (Wildman–Crippen MR) is 83.2 cm³/mol. The Balaban J connectivity index is 1.66. The van der Waals surface area contributed by atoms with E-state index in [0.717, 1.165) is 5.56 Å². The van der Waals surface area contributed by atoms with Crippen molar-refractivity contribution in [1.29, 1.82) is 0 Å². The third-order valence-corrected chi connectivity index (χ3v) is 5.76. The topological polar surface area (TPSA) is 89.5 Å². The molecule has 1 aromatic carbocycles. The maximum absolute atomic E-state index is 12.2. The van der Waals surface area contributed by atoms with Crippen LogP contribution in [0, 0.1) is 0 Å². The molecule has 23 heavy (non-hydrogen) atoms. The van der Waals surface area contributed by atoms with Gasteiger partial charge in [-0.3, -0.25) is 9.59 Å². The van der Waals surface area contributed by atoms with Crippen molar-refractivity contribution in [1.82, 2.24) is 10.2 Å². The third kappa shape index (κ3) is 2.69. The molecule has 0 aromatic heterocycles. The van der Waals surface area contributed by atoms with Crippen LogP contribution in [0.25, 0.3) is 0 Å². The molecule has 1 N–H and O–H groups in total. The molecule has 2 fully saturated rings. The minimum Gasteiger partial charge on any atom is -0.548 e. The van der Waals surface area contributed by atoms with Gasteiger partial charge < -0.3 is 20.1 Å². The smallest absolute Gasteiger partial charge is 0.249 e. The summed E-state index contributed by atoms with van der Waals surface area (Å²) in [4.78, 5) is 37.0. The molecule has 3 rings (SSSR count). The molecule has 122 valence electrons. The van der Waals surface area contributed by atoms with Crippen molar-refractivity contribution in [3.05, 3.63) is 35.9 Å². The van der Waals surface area contributed by atoms with Crippen molar-refractivity contribution in [2.45, 2.75) is 42.5 Å². The monoisotopic (exact) mass is 333 g/mol. The van der Waals surface area contributed by atoms with E-state index in [2.05, 4.69) is 5.32 Å². The summed E-state index contributed by atoms with van der Waals surface area (Å²) in [5, 5.41) is 13.7. The Bertz CT molecular complexity index is 661. The average Bonchev–Trinajstić information content (AvgIpc) is 2.74. The molecule has 0 unspecified atom stereocenters. The lowest BCUT2D eigenvalue weighted by Gasteiger charge is -2.45. The lowest BCUT2D eigenvalue weighted by Crippen LogP contribution is -2.71. The number of hydrogen-bond acceptors (Lipinski definition) is 5. The number of hydrogen-bond donors (Lipinski definition) is 1. The van der Waals surface area contributed by atoms with Gasteiger partial charge in [0.2, 0.25) is 11.8 Å². The first-order valence-corrected chi connectivity index (χ1v) is 8.23. The molecule has 0 bridgehead atoms. The van der Waals surface area contributed by atoms with Gasteiger partial charge in [-0.25, -0.2) is 0 Å². The average molecular weight is 333 g/mol. The Morgan fingerprint density at radius 1 is 1.30 bits per heavy atom. The van der Waals surface area contributed by atoms with Gasteiger partial charge in [-0.2, -0.15) is 0 Å². The van der Waals surface area contributed by atoms with Gasteiger partial charge in [0.15, 0.2) is 0 Å². The highest BCUT2D eigenvalue weighted by Gasteiger charge is 2.62. The summed E-state index contributed by atoms with van der Waals surface area (Å²) in [6.07, 6.45) is 0.190. The molecule has 0 radical (unpaired) electrons. The first-order valence-electron chi connectivity index (χ1n) is 7.35. The van der Waals surface area contributed by atoms with Crippen LogP contribution in [0.3, 0.4) is 0 Å². The SMILES string of the molecule is CC1(C)S[C@H]2[C@H](NC(=O)Cc3ccccc3)C(=O)N2[C@@H]1C(=O)[O-]. The van der Waals surface area contributed by atoms with Crippen LogP contribution in [0.15, 0.2) is 30.3 Å². The van der Waals surface area contributed by atoms with Crippen LogP contribution in [0.1, 0.15) is 19.4 Å². The van der Waals surface area contributed by atoms with Gasteiger partial charge in [0.05, 0.1) is 18.4 Å². The summed E-state index contributed by atoms with van der Waals surface area (Å²) in [6.45, 7) is 3.54. The summed E-state index contributed by atoms with van der Waals surface area (Å²) >= 11 is 1.38. The Morgan fingerprint density at radius 3 is 2.57 bits per heavy atom. The molecule has 1 aromatic rings. The zero-order chi connectivity index (χ0) is 16.8. The minimum absolute atomic E-state index is 0.190. The van der Waals surface area contributed by atoms with Crippen molar-refractivity contribution in [2.24, 2.45) is 0 Å². The van der Waals surface area contributed by atoms with E-state index in [9.17, 15) is 19.5 Å². The molecule has 0 aliphatic carbocycles. The van der Waals surface area contributed by atoms with Crippen LogP contribution in [-0.4, -0.2) is 44.9 Å². The number of carbonyl (C=O) groups is 3. The van der Waals surface area contributed by atoms with E-state index in [1.54, 1.807) is 13.8 Å². The van der Waals surface area contributed by atoms with Gasteiger partial charge in [0, 0.05) is 4.75 Å². The second-order valence-corrected chi connectivity index (χ2v) is 8.06. The quantitative estimate of drug-likeness (QED) is 0.752. The standard InChI is InChI=1S/C16H18N2O4S/c1-16(2)12(15(21)22)18-13(20)11(14(18)23-16)17-10(19)8-9-6-4-3-5-7-9/h3-7,11-12,14H,8H2,1-2H3,(H,17,19)(H,21,22)/p-1/t11-,12-,14+/m1/s1. The number of rotatable bonds is 4. The van der Waals surface area contributed by atoms with Crippen molar-refractivity contribution in [3.63, 3.8) is 0 Å². The van der Waals surface area contributed by atoms with Gasteiger partial charge in [0.1, 0.15) is 11.4 Å². The normalized spacial score (nSPS) is 28.0. The van der Waals surface area contributed by atoms with Crippen molar-refractivity contribution >= 4 is 29.5 Å². The molecular formula is C16H17N2O4S-. The molecule has 2 aliphatic rings. The molecule has 3 atom stereocenters. The molecule has 2 amide bonds. The van der Waals surface area contributed by atoms with Crippen molar-refractivity contribution in [3.8, 4) is 0 Å². The number of aliphatic carboxylic acids is 1. The van der Waals surface area contributed by atoms with E-state index in [1.165, 1.54) is 16.7 Å². The number of carbonyl (C=O) groups excluding carboxylic acids is 3. The van der Waals surface area contributed by atoms with Crippen LogP contribution in [0.4, 0.5) is 0 Å². The highest BCUT2D eigenvalue weighted by molar-refractivity contribution is 8.01. The van der Waals surface area contributed by atoms with Gasteiger partial charge in [-0.15, -0.1) is 11.8 Å². The number of β-lactam (4-membered cyclic amide) rings is 1. The van der Waals surface area contributed by atoms with Gasteiger partial charge in [-0.1, -0.05) is 30.3 Å². The highest BCUT2D eigenvalue weighted by atomic mass is 32.2. The first kappa shape index (κ1) is 15.9. The maximum Gasteiger partial charge on any atom is 0.249 e. The highest BCUT2D eigenvalue weighted by Crippen LogP contribution is 2.50. The van der Waals surface area contributed by atoms with Gasteiger partial charge >= 0.3 is 0 Å². The first-order chi connectivity index (χ1) is 10.8. The Kier molecular flexibility index (Phi) is 3.83. The second kappa shape index (κ2) is 5.56. The molecule has 6 nitrogen and oxygen atoms in total. The molecule has 2 saturated heterocycles. The van der Waals surface area contributed by atoms with Crippen LogP contribution in [0.5, 0.6) is 0 Å². The maximum atomic E-state index is 12.2. The summed E-state index contributed by atoms with van der Waals surface area (Å²) in [5.74, 6) is -1.86. The number of fused-ring (bicyclic) bond motifs is 1. The van der Waals surface area contributed by atoms with Crippen LogP contribution in [0.2, 0.25) is 0 Å².